The van der Waals surface area contributed by atoms with Crippen LogP contribution in [0.3, 0.4) is 0 Å². The van der Waals surface area contributed by atoms with E-state index < -0.39 is 0 Å². The molecule has 0 aliphatic rings. The van der Waals surface area contributed by atoms with E-state index in [0.717, 1.165) is 39.3 Å². The standard InChI is InChI=1S/C28H21N3O/c1-19-9-8-14-23(17-19)29-28(32)22-15-16-24-25(18-22)31-27(21-12-6-3-7-13-21)26(30-24)20-10-4-2-5-11-20/h2-18H,1H3,(H,29,32). The number of aromatic nitrogens is 2. The van der Waals surface area contributed by atoms with Crippen molar-refractivity contribution in [2.45, 2.75) is 6.92 Å². The van der Waals surface area contributed by atoms with E-state index in [1.54, 1.807) is 12.1 Å². The topological polar surface area (TPSA) is 54.9 Å². The molecule has 4 heteroatoms. The zero-order valence-corrected chi connectivity index (χ0v) is 17.6. The quantitative estimate of drug-likeness (QED) is 0.363. The highest BCUT2D eigenvalue weighted by atomic mass is 16.1. The number of anilines is 1. The van der Waals surface area contributed by atoms with Crippen molar-refractivity contribution in [2.75, 3.05) is 5.32 Å². The van der Waals surface area contributed by atoms with Crippen molar-refractivity contribution in [1.82, 2.24) is 9.97 Å². The van der Waals surface area contributed by atoms with Gasteiger partial charge in [0.25, 0.3) is 5.91 Å². The van der Waals surface area contributed by atoms with E-state index in [-0.39, 0.29) is 5.91 Å². The largest absolute Gasteiger partial charge is 0.322 e. The van der Waals surface area contributed by atoms with Gasteiger partial charge in [0.05, 0.1) is 22.4 Å². The lowest BCUT2D eigenvalue weighted by atomic mass is 10.0. The predicted molar refractivity (Wildman–Crippen MR) is 130 cm³/mol. The van der Waals surface area contributed by atoms with Gasteiger partial charge in [0.2, 0.25) is 0 Å². The van der Waals surface area contributed by atoms with Crippen LogP contribution >= 0.6 is 0 Å². The lowest BCUT2D eigenvalue weighted by Gasteiger charge is -2.12. The normalized spacial score (nSPS) is 10.8. The van der Waals surface area contributed by atoms with Gasteiger partial charge < -0.3 is 5.32 Å². The summed E-state index contributed by atoms with van der Waals surface area (Å²) in [7, 11) is 0. The summed E-state index contributed by atoms with van der Waals surface area (Å²) in [6.07, 6.45) is 0. The van der Waals surface area contributed by atoms with Crippen molar-refractivity contribution in [3.63, 3.8) is 0 Å². The molecule has 0 aliphatic heterocycles. The minimum absolute atomic E-state index is 0.173. The molecule has 0 radical (unpaired) electrons. The highest BCUT2D eigenvalue weighted by molar-refractivity contribution is 6.06. The molecule has 1 amide bonds. The van der Waals surface area contributed by atoms with Crippen molar-refractivity contribution in [3.8, 4) is 22.5 Å². The third kappa shape index (κ3) is 3.98. The second-order valence-corrected chi connectivity index (χ2v) is 7.68. The van der Waals surface area contributed by atoms with E-state index in [4.69, 9.17) is 9.97 Å². The van der Waals surface area contributed by atoms with Gasteiger partial charge in [-0.15, -0.1) is 0 Å². The molecule has 32 heavy (non-hydrogen) atoms. The van der Waals surface area contributed by atoms with Crippen LogP contribution < -0.4 is 5.32 Å². The van der Waals surface area contributed by atoms with Gasteiger partial charge >= 0.3 is 0 Å². The molecule has 0 saturated carbocycles. The number of hydrogen-bond acceptors (Lipinski definition) is 3. The van der Waals surface area contributed by atoms with Crippen LogP contribution in [0.4, 0.5) is 5.69 Å². The molecule has 5 aromatic rings. The van der Waals surface area contributed by atoms with E-state index in [9.17, 15) is 4.79 Å². The Morgan fingerprint density at radius 1 is 0.656 bits per heavy atom. The van der Waals surface area contributed by atoms with E-state index in [1.807, 2.05) is 97.9 Å². The summed E-state index contributed by atoms with van der Waals surface area (Å²) in [5.41, 5.74) is 7.42. The van der Waals surface area contributed by atoms with Gasteiger partial charge in [-0.1, -0.05) is 72.8 Å². The molecular formula is C28H21N3O. The van der Waals surface area contributed by atoms with Gasteiger partial charge in [0.1, 0.15) is 0 Å². The molecule has 0 fully saturated rings. The Balaban J connectivity index is 1.59. The van der Waals surface area contributed by atoms with Gasteiger partial charge in [-0.3, -0.25) is 4.79 Å². The number of benzene rings is 4. The van der Waals surface area contributed by atoms with Crippen LogP contribution in [0.2, 0.25) is 0 Å². The highest BCUT2D eigenvalue weighted by Gasteiger charge is 2.15. The maximum absolute atomic E-state index is 12.9. The Labute approximate surface area is 186 Å². The van der Waals surface area contributed by atoms with Crippen molar-refractivity contribution < 1.29 is 4.79 Å². The molecule has 1 N–H and O–H groups in total. The first-order valence-electron chi connectivity index (χ1n) is 10.5. The first-order valence-corrected chi connectivity index (χ1v) is 10.5. The second kappa shape index (κ2) is 8.44. The van der Waals surface area contributed by atoms with Crippen LogP contribution in [0.25, 0.3) is 33.5 Å². The zero-order valence-electron chi connectivity index (χ0n) is 17.6. The van der Waals surface area contributed by atoms with Gasteiger partial charge in [0, 0.05) is 22.4 Å². The van der Waals surface area contributed by atoms with Crippen LogP contribution in [-0.4, -0.2) is 15.9 Å². The third-order valence-electron chi connectivity index (χ3n) is 5.30. The van der Waals surface area contributed by atoms with E-state index in [0.29, 0.717) is 11.1 Å². The minimum Gasteiger partial charge on any atom is -0.322 e. The first-order chi connectivity index (χ1) is 15.7. The molecule has 0 bridgehead atoms. The van der Waals surface area contributed by atoms with E-state index >= 15 is 0 Å². The molecule has 5 rings (SSSR count). The molecule has 0 aliphatic carbocycles. The van der Waals surface area contributed by atoms with Crippen LogP contribution in [0.5, 0.6) is 0 Å². The fourth-order valence-electron chi connectivity index (χ4n) is 3.72. The number of fused-ring (bicyclic) bond motifs is 1. The van der Waals surface area contributed by atoms with E-state index in [2.05, 4.69) is 5.32 Å². The number of amides is 1. The number of nitrogens with zero attached hydrogens (tertiary/aromatic N) is 2. The molecule has 0 atom stereocenters. The van der Waals surface area contributed by atoms with Crippen LogP contribution in [0.15, 0.2) is 103 Å². The lowest BCUT2D eigenvalue weighted by Crippen LogP contribution is -2.12. The number of aryl methyl sites for hydroxylation is 1. The number of hydrogen-bond donors (Lipinski definition) is 1. The number of carbonyl (C=O) groups excluding carboxylic acids is 1. The Kier molecular flexibility index (Phi) is 5.18. The zero-order chi connectivity index (χ0) is 21.9. The summed E-state index contributed by atoms with van der Waals surface area (Å²) in [5, 5.41) is 2.96. The molecular weight excluding hydrogens is 394 g/mol. The summed E-state index contributed by atoms with van der Waals surface area (Å²) in [6.45, 7) is 2.00. The lowest BCUT2D eigenvalue weighted by molar-refractivity contribution is 0.102. The summed E-state index contributed by atoms with van der Waals surface area (Å²) in [5.74, 6) is -0.173. The Hall–Kier alpha value is -4.31. The van der Waals surface area contributed by atoms with Crippen LogP contribution in [0.1, 0.15) is 15.9 Å². The van der Waals surface area contributed by atoms with Crippen molar-refractivity contribution in [1.29, 1.82) is 0 Å². The van der Waals surface area contributed by atoms with E-state index in [1.165, 1.54) is 0 Å². The molecule has 4 aromatic carbocycles. The van der Waals surface area contributed by atoms with Crippen molar-refractivity contribution in [3.05, 3.63) is 114 Å². The predicted octanol–water partition coefficient (Wildman–Crippen LogP) is 6.52. The molecule has 0 saturated heterocycles. The maximum Gasteiger partial charge on any atom is 0.255 e. The van der Waals surface area contributed by atoms with Crippen LogP contribution in [-0.2, 0) is 0 Å². The summed E-state index contributed by atoms with van der Waals surface area (Å²) >= 11 is 0. The number of nitrogens with one attached hydrogen (secondary N) is 1. The SMILES string of the molecule is Cc1cccc(NC(=O)c2ccc3nc(-c4ccccc4)c(-c4ccccc4)nc3c2)c1. The monoisotopic (exact) mass is 415 g/mol. The van der Waals surface area contributed by atoms with Gasteiger partial charge in [-0.2, -0.15) is 0 Å². The van der Waals surface area contributed by atoms with Crippen LogP contribution in [0, 0.1) is 6.92 Å². The minimum atomic E-state index is -0.173. The fourth-order valence-corrected chi connectivity index (χ4v) is 3.72. The smallest absolute Gasteiger partial charge is 0.255 e. The molecule has 1 heterocycles. The van der Waals surface area contributed by atoms with Gasteiger partial charge in [-0.05, 0) is 42.8 Å². The highest BCUT2D eigenvalue weighted by Crippen LogP contribution is 2.31. The maximum atomic E-state index is 12.9. The summed E-state index contributed by atoms with van der Waals surface area (Å²) in [4.78, 5) is 22.7. The number of carbonyl (C=O) groups is 1. The molecule has 1 aromatic heterocycles. The van der Waals surface area contributed by atoms with Crippen molar-refractivity contribution in [2.24, 2.45) is 0 Å². The van der Waals surface area contributed by atoms with Gasteiger partial charge in [0.15, 0.2) is 0 Å². The molecule has 0 unspecified atom stereocenters. The fraction of sp³-hybridized carbons (Fsp3) is 0.0357. The Morgan fingerprint density at radius 3 is 1.91 bits per heavy atom. The average molecular weight is 415 g/mol. The molecule has 4 nitrogen and oxygen atoms in total. The second-order valence-electron chi connectivity index (χ2n) is 7.68. The molecule has 0 spiro atoms. The Morgan fingerprint density at radius 2 is 1.28 bits per heavy atom. The average Bonchev–Trinajstić information content (AvgIpc) is 2.84. The van der Waals surface area contributed by atoms with Gasteiger partial charge in [-0.25, -0.2) is 9.97 Å². The molecule has 154 valence electrons. The summed E-state index contributed by atoms with van der Waals surface area (Å²) in [6, 6.07) is 33.2. The number of rotatable bonds is 4. The summed E-state index contributed by atoms with van der Waals surface area (Å²) < 4.78 is 0. The third-order valence-corrected chi connectivity index (χ3v) is 5.30. The Bertz CT molecular complexity index is 1410. The van der Waals surface area contributed by atoms with Crippen molar-refractivity contribution >= 4 is 22.6 Å². The first kappa shape index (κ1) is 19.6.